The topological polar surface area (TPSA) is 123 Å². The van der Waals surface area contributed by atoms with Gasteiger partial charge >= 0.3 is 12.1 Å². The number of aliphatic hydroxyl groups is 1. The molecule has 0 aromatic rings. The number of nitrogens with one attached hydrogen (secondary N) is 1. The van der Waals surface area contributed by atoms with Gasteiger partial charge in [-0.25, -0.2) is 9.59 Å². The molecule has 8 nitrogen and oxygen atoms in total. The van der Waals surface area contributed by atoms with Crippen molar-refractivity contribution in [2.75, 3.05) is 0 Å². The Morgan fingerprint density at radius 2 is 1.74 bits per heavy atom. The van der Waals surface area contributed by atoms with Crippen molar-refractivity contribution in [1.29, 1.82) is 0 Å². The maximum absolute atomic E-state index is 11.8. The average molecular weight is 331 g/mol. The van der Waals surface area contributed by atoms with Crippen molar-refractivity contribution in [3.05, 3.63) is 0 Å². The number of rotatable bonds is 5. The molecule has 0 aliphatic rings. The van der Waals surface area contributed by atoms with Crippen molar-refractivity contribution in [3.8, 4) is 0 Å². The van der Waals surface area contributed by atoms with E-state index in [1.54, 1.807) is 48.5 Å². The molecule has 134 valence electrons. The molecule has 0 radical (unpaired) electrons. The minimum absolute atomic E-state index is 0.117. The fourth-order valence-corrected chi connectivity index (χ4v) is 1.31. The zero-order valence-corrected chi connectivity index (χ0v) is 15.0. The third kappa shape index (κ3) is 8.39. The van der Waals surface area contributed by atoms with Gasteiger partial charge in [0, 0.05) is 5.41 Å². The smallest absolute Gasteiger partial charge is 0.407 e. The summed E-state index contributed by atoms with van der Waals surface area (Å²) in [6, 6.07) is -0.858. The van der Waals surface area contributed by atoms with E-state index >= 15 is 0 Å². The molecular formula is C15H29N3O5. The van der Waals surface area contributed by atoms with E-state index in [1.807, 2.05) is 0 Å². The van der Waals surface area contributed by atoms with Gasteiger partial charge in [0.2, 0.25) is 0 Å². The van der Waals surface area contributed by atoms with Crippen LogP contribution in [0.15, 0.2) is 5.16 Å². The summed E-state index contributed by atoms with van der Waals surface area (Å²) >= 11 is 0. The zero-order valence-electron chi connectivity index (χ0n) is 15.0. The lowest BCUT2D eigenvalue weighted by atomic mass is 9.96. The number of carbonyl (C=O) groups is 2. The maximum atomic E-state index is 11.8. The van der Waals surface area contributed by atoms with E-state index in [2.05, 4.69) is 15.3 Å². The standard InChI is InChI=1S/C15H29N3O5/c1-8-9(17-13(21)22-15(5,6)7)10(19)11(20)23-18-12(16)14(2,3)4/h9-10,19H,8H2,1-7H3,(H2,16,18)(H,17,21)/t9-,10?/m0/s1. The molecule has 0 heterocycles. The van der Waals surface area contributed by atoms with Gasteiger partial charge in [-0.05, 0) is 27.2 Å². The molecule has 1 unspecified atom stereocenters. The summed E-state index contributed by atoms with van der Waals surface area (Å²) in [5.41, 5.74) is 4.51. The summed E-state index contributed by atoms with van der Waals surface area (Å²) in [6.07, 6.45) is -2.01. The average Bonchev–Trinajstić information content (AvgIpc) is 2.37. The highest BCUT2D eigenvalue weighted by Crippen LogP contribution is 2.13. The minimum Gasteiger partial charge on any atom is -0.444 e. The number of alkyl carbamates (subject to hydrolysis) is 1. The molecule has 0 fully saturated rings. The Bertz CT molecular complexity index is 449. The second kappa shape index (κ2) is 8.14. The van der Waals surface area contributed by atoms with Crippen molar-refractivity contribution in [2.24, 2.45) is 16.3 Å². The minimum atomic E-state index is -1.58. The second-order valence-corrected chi connectivity index (χ2v) is 7.24. The van der Waals surface area contributed by atoms with Crippen LogP contribution in [0.25, 0.3) is 0 Å². The molecule has 8 heteroatoms. The van der Waals surface area contributed by atoms with Gasteiger partial charge in [0.1, 0.15) is 11.4 Å². The number of nitrogens with two attached hydrogens (primary N) is 1. The van der Waals surface area contributed by atoms with E-state index in [1.165, 1.54) is 0 Å². The van der Waals surface area contributed by atoms with Crippen LogP contribution in [0.1, 0.15) is 54.9 Å². The predicted octanol–water partition coefficient (Wildman–Crippen LogP) is 1.51. The quantitative estimate of drug-likeness (QED) is 0.304. The van der Waals surface area contributed by atoms with Gasteiger partial charge < -0.3 is 25.7 Å². The van der Waals surface area contributed by atoms with Crippen molar-refractivity contribution in [3.63, 3.8) is 0 Å². The third-order valence-electron chi connectivity index (χ3n) is 2.77. The van der Waals surface area contributed by atoms with E-state index in [0.717, 1.165) is 0 Å². The van der Waals surface area contributed by atoms with Crippen molar-refractivity contribution in [1.82, 2.24) is 5.32 Å². The highest BCUT2D eigenvalue weighted by Gasteiger charge is 2.30. The number of ether oxygens (including phenoxy) is 1. The number of aliphatic hydroxyl groups excluding tert-OH is 1. The number of amidine groups is 1. The lowest BCUT2D eigenvalue weighted by molar-refractivity contribution is -0.155. The third-order valence-corrected chi connectivity index (χ3v) is 2.77. The number of hydrogen-bond acceptors (Lipinski definition) is 6. The van der Waals surface area contributed by atoms with Crippen LogP contribution in [0, 0.1) is 5.41 Å². The van der Waals surface area contributed by atoms with Crippen molar-refractivity contribution >= 4 is 17.9 Å². The second-order valence-electron chi connectivity index (χ2n) is 7.24. The lowest BCUT2D eigenvalue weighted by Gasteiger charge is -2.24. The van der Waals surface area contributed by atoms with Crippen LogP contribution in [0.3, 0.4) is 0 Å². The Morgan fingerprint density at radius 3 is 2.13 bits per heavy atom. The van der Waals surface area contributed by atoms with Crippen LogP contribution in [0.2, 0.25) is 0 Å². The molecular weight excluding hydrogens is 302 g/mol. The Labute approximate surface area is 137 Å². The van der Waals surface area contributed by atoms with Crippen molar-refractivity contribution in [2.45, 2.75) is 72.6 Å². The summed E-state index contributed by atoms with van der Waals surface area (Å²) in [6.45, 7) is 12.2. The molecule has 0 saturated heterocycles. The SMILES string of the molecule is CC[C@H](NC(=O)OC(C)(C)C)C(O)C(=O)ON=C(N)C(C)(C)C. The zero-order chi connectivity index (χ0) is 18.4. The van der Waals surface area contributed by atoms with Crippen molar-refractivity contribution < 1.29 is 24.3 Å². The van der Waals surface area contributed by atoms with E-state index in [4.69, 9.17) is 10.5 Å². The molecule has 0 aromatic heterocycles. The van der Waals surface area contributed by atoms with E-state index in [0.29, 0.717) is 6.42 Å². The Morgan fingerprint density at radius 1 is 1.22 bits per heavy atom. The molecule has 23 heavy (non-hydrogen) atoms. The summed E-state index contributed by atoms with van der Waals surface area (Å²) in [7, 11) is 0. The molecule has 0 aliphatic heterocycles. The Hall–Kier alpha value is -1.83. The largest absolute Gasteiger partial charge is 0.444 e. The van der Waals surface area contributed by atoms with E-state index in [9.17, 15) is 14.7 Å². The first-order valence-corrected chi connectivity index (χ1v) is 7.50. The number of amides is 1. The van der Waals surface area contributed by atoms with E-state index in [-0.39, 0.29) is 5.84 Å². The number of nitrogens with zero attached hydrogens (tertiary/aromatic N) is 1. The van der Waals surface area contributed by atoms with Crippen LogP contribution >= 0.6 is 0 Å². The van der Waals surface area contributed by atoms with Gasteiger partial charge in [-0.1, -0.05) is 32.9 Å². The predicted molar refractivity (Wildman–Crippen MR) is 86.6 cm³/mol. The summed E-state index contributed by atoms with van der Waals surface area (Å²) in [5.74, 6) is -0.883. The Kier molecular flexibility index (Phi) is 7.50. The molecule has 4 N–H and O–H groups in total. The van der Waals surface area contributed by atoms with E-state index < -0.39 is 35.2 Å². The number of oxime groups is 1. The highest BCUT2D eigenvalue weighted by atomic mass is 16.7. The summed E-state index contributed by atoms with van der Waals surface area (Å²) < 4.78 is 5.08. The maximum Gasteiger partial charge on any atom is 0.407 e. The first-order chi connectivity index (χ1) is 10.3. The van der Waals surface area contributed by atoms with Gasteiger partial charge in [-0.2, -0.15) is 0 Å². The lowest BCUT2D eigenvalue weighted by Crippen LogP contribution is -2.48. The van der Waals surface area contributed by atoms with Crippen LogP contribution < -0.4 is 11.1 Å². The Balaban J connectivity index is 4.74. The van der Waals surface area contributed by atoms with Crippen LogP contribution in [0.5, 0.6) is 0 Å². The first-order valence-electron chi connectivity index (χ1n) is 7.50. The van der Waals surface area contributed by atoms with Gasteiger partial charge in [-0.3, -0.25) is 0 Å². The first kappa shape index (κ1) is 21.2. The fourth-order valence-electron chi connectivity index (χ4n) is 1.31. The molecule has 2 atom stereocenters. The van der Waals surface area contributed by atoms with Gasteiger partial charge in [0.25, 0.3) is 0 Å². The monoisotopic (exact) mass is 331 g/mol. The van der Waals surface area contributed by atoms with Gasteiger partial charge in [0.15, 0.2) is 6.10 Å². The van der Waals surface area contributed by atoms with Crippen LogP contribution in [-0.4, -0.2) is 40.8 Å². The molecule has 0 aliphatic carbocycles. The fraction of sp³-hybridized carbons (Fsp3) is 0.800. The van der Waals surface area contributed by atoms with Gasteiger partial charge in [0.05, 0.1) is 6.04 Å². The highest BCUT2D eigenvalue weighted by molar-refractivity contribution is 5.86. The summed E-state index contributed by atoms with van der Waals surface area (Å²) in [4.78, 5) is 28.2. The van der Waals surface area contributed by atoms with Gasteiger partial charge in [-0.15, -0.1) is 0 Å². The molecule has 0 spiro atoms. The molecule has 0 rings (SSSR count). The number of hydrogen-bond donors (Lipinski definition) is 3. The molecule has 1 amide bonds. The normalized spacial score (nSPS) is 15.6. The van der Waals surface area contributed by atoms with Crippen LogP contribution in [0.4, 0.5) is 4.79 Å². The molecule has 0 aromatic carbocycles. The summed E-state index contributed by atoms with van der Waals surface area (Å²) in [5, 5.41) is 15.9. The molecule has 0 saturated carbocycles. The number of carbonyl (C=O) groups excluding carboxylic acids is 2. The van der Waals surface area contributed by atoms with Crippen LogP contribution in [-0.2, 0) is 14.4 Å². The molecule has 0 bridgehead atoms.